The fourth-order valence-electron chi connectivity index (χ4n) is 5.56. The second-order valence-corrected chi connectivity index (χ2v) is 12.2. The Hall–Kier alpha value is -1.36. The molecule has 5 heteroatoms. The van der Waals surface area contributed by atoms with E-state index in [1.54, 1.807) is 0 Å². The summed E-state index contributed by atoms with van der Waals surface area (Å²) < 4.78 is 0. The lowest BCUT2D eigenvalue weighted by molar-refractivity contribution is -0.135. The van der Waals surface area contributed by atoms with Crippen LogP contribution in [0.2, 0.25) is 0 Å². The fourth-order valence-corrected chi connectivity index (χ4v) is 5.56. The third kappa shape index (κ3) is 5.71. The number of hydrogen-bond donors (Lipinski definition) is 0. The molecule has 1 heterocycles. The molecule has 2 bridgehead atoms. The molecular formula is C26H45N3O2. The van der Waals surface area contributed by atoms with Crippen LogP contribution in [0.15, 0.2) is 11.6 Å². The molecule has 176 valence electrons. The third-order valence-electron chi connectivity index (χ3n) is 7.85. The van der Waals surface area contributed by atoms with Crippen molar-refractivity contribution in [1.29, 1.82) is 0 Å². The van der Waals surface area contributed by atoms with Crippen molar-refractivity contribution in [3.05, 3.63) is 11.6 Å². The van der Waals surface area contributed by atoms with Gasteiger partial charge in [0.2, 0.25) is 11.8 Å². The SMILES string of the molecule is CC(C)C(=O)N(CCN1CCN(C(=O)CC(C)(C)C)CC1)CC1=CCC2CC1C2(C)C. The number of amides is 2. The van der Waals surface area contributed by atoms with Crippen LogP contribution < -0.4 is 0 Å². The van der Waals surface area contributed by atoms with Crippen molar-refractivity contribution in [1.82, 2.24) is 14.7 Å². The van der Waals surface area contributed by atoms with Gasteiger partial charge in [-0.25, -0.2) is 0 Å². The van der Waals surface area contributed by atoms with Crippen molar-refractivity contribution in [2.45, 2.75) is 67.7 Å². The van der Waals surface area contributed by atoms with E-state index in [-0.39, 0.29) is 23.1 Å². The smallest absolute Gasteiger partial charge is 0.225 e. The topological polar surface area (TPSA) is 43.9 Å². The van der Waals surface area contributed by atoms with E-state index in [2.05, 4.69) is 50.5 Å². The minimum atomic E-state index is 0.0261. The lowest BCUT2D eigenvalue weighted by atomic mass is 9.49. The van der Waals surface area contributed by atoms with Crippen molar-refractivity contribution in [2.24, 2.45) is 28.6 Å². The summed E-state index contributed by atoms with van der Waals surface area (Å²) in [4.78, 5) is 32.0. The van der Waals surface area contributed by atoms with Gasteiger partial charge >= 0.3 is 0 Å². The Labute approximate surface area is 190 Å². The Morgan fingerprint density at radius 1 is 1.16 bits per heavy atom. The lowest BCUT2D eigenvalue weighted by Gasteiger charge is -2.57. The van der Waals surface area contributed by atoms with E-state index < -0.39 is 0 Å². The third-order valence-corrected chi connectivity index (χ3v) is 7.85. The van der Waals surface area contributed by atoms with Gasteiger partial charge in [0, 0.05) is 58.2 Å². The highest BCUT2D eigenvalue weighted by molar-refractivity contribution is 5.78. The molecule has 2 atom stereocenters. The van der Waals surface area contributed by atoms with Gasteiger partial charge in [-0.1, -0.05) is 60.1 Å². The van der Waals surface area contributed by atoms with Crippen LogP contribution in [0.1, 0.15) is 67.7 Å². The molecule has 5 nitrogen and oxygen atoms in total. The standard InChI is InChI=1S/C26H45N3O2/c1-19(2)24(31)29(18-20-8-9-21-16-22(20)26(21,6)7)15-12-27-10-13-28(14-11-27)23(30)17-25(3,4)5/h8,19,21-22H,9-18H2,1-7H3. The van der Waals surface area contributed by atoms with E-state index in [0.717, 1.165) is 51.7 Å². The number of nitrogens with zero attached hydrogens (tertiary/aromatic N) is 3. The second kappa shape index (κ2) is 9.25. The minimum Gasteiger partial charge on any atom is -0.340 e. The van der Waals surface area contributed by atoms with E-state index in [0.29, 0.717) is 17.8 Å². The largest absolute Gasteiger partial charge is 0.340 e. The number of carbonyl (C=O) groups is 2. The number of carbonyl (C=O) groups excluding carboxylic acids is 2. The fraction of sp³-hybridized carbons (Fsp3) is 0.846. The molecule has 2 amide bonds. The zero-order chi connectivity index (χ0) is 23.0. The highest BCUT2D eigenvalue weighted by atomic mass is 16.2. The van der Waals surface area contributed by atoms with Gasteiger partial charge in [-0.2, -0.15) is 0 Å². The van der Waals surface area contributed by atoms with Crippen molar-refractivity contribution >= 4 is 11.8 Å². The Morgan fingerprint density at radius 3 is 2.32 bits per heavy atom. The van der Waals surface area contributed by atoms with Gasteiger partial charge in [-0.3, -0.25) is 14.5 Å². The number of allylic oxidation sites excluding steroid dienone is 1. The second-order valence-electron chi connectivity index (χ2n) is 12.2. The van der Waals surface area contributed by atoms with Crippen LogP contribution in [0.5, 0.6) is 0 Å². The van der Waals surface area contributed by atoms with Gasteiger partial charge in [-0.05, 0) is 35.5 Å². The molecule has 4 aliphatic rings. The van der Waals surface area contributed by atoms with Gasteiger partial charge < -0.3 is 9.80 Å². The van der Waals surface area contributed by atoms with Crippen molar-refractivity contribution in [2.75, 3.05) is 45.8 Å². The van der Waals surface area contributed by atoms with E-state index in [9.17, 15) is 9.59 Å². The Morgan fingerprint density at radius 2 is 1.81 bits per heavy atom. The molecule has 2 fully saturated rings. The molecule has 1 aliphatic heterocycles. The van der Waals surface area contributed by atoms with Crippen LogP contribution in [0.4, 0.5) is 0 Å². The summed E-state index contributed by atoms with van der Waals surface area (Å²) in [6.45, 7) is 21.0. The molecule has 2 unspecified atom stereocenters. The molecule has 4 rings (SSSR count). The highest BCUT2D eigenvalue weighted by Crippen LogP contribution is 2.59. The average Bonchev–Trinajstić information content (AvgIpc) is 2.69. The van der Waals surface area contributed by atoms with Crippen molar-refractivity contribution in [3.8, 4) is 0 Å². The number of hydrogen-bond acceptors (Lipinski definition) is 3. The number of rotatable bonds is 7. The normalized spacial score (nSPS) is 25.8. The van der Waals surface area contributed by atoms with Crippen LogP contribution in [0, 0.1) is 28.6 Å². The zero-order valence-corrected chi connectivity index (χ0v) is 21.0. The molecule has 0 radical (unpaired) electrons. The highest BCUT2D eigenvalue weighted by Gasteiger charge is 2.51. The quantitative estimate of drug-likeness (QED) is 0.571. The van der Waals surface area contributed by atoms with Crippen LogP contribution in [0.25, 0.3) is 0 Å². The molecule has 0 aromatic heterocycles. The maximum Gasteiger partial charge on any atom is 0.225 e. The van der Waals surface area contributed by atoms with E-state index >= 15 is 0 Å². The molecular weight excluding hydrogens is 386 g/mol. The molecule has 0 spiro atoms. The summed E-state index contributed by atoms with van der Waals surface area (Å²) in [7, 11) is 0. The Balaban J connectivity index is 1.52. The molecule has 0 N–H and O–H groups in total. The summed E-state index contributed by atoms with van der Waals surface area (Å²) in [6.07, 6.45) is 5.50. The van der Waals surface area contributed by atoms with Crippen LogP contribution in [-0.4, -0.2) is 72.3 Å². The molecule has 1 saturated carbocycles. The lowest BCUT2D eigenvalue weighted by Crippen LogP contribution is -2.53. The number of fused-ring (bicyclic) bond motifs is 1. The maximum absolute atomic E-state index is 13.0. The molecule has 3 aliphatic carbocycles. The summed E-state index contributed by atoms with van der Waals surface area (Å²) in [6, 6.07) is 0. The minimum absolute atomic E-state index is 0.0261. The summed E-state index contributed by atoms with van der Waals surface area (Å²) in [5, 5.41) is 0. The molecule has 1 saturated heterocycles. The van der Waals surface area contributed by atoms with Crippen LogP contribution in [0.3, 0.4) is 0 Å². The van der Waals surface area contributed by atoms with E-state index in [4.69, 9.17) is 0 Å². The first-order valence-electron chi connectivity index (χ1n) is 12.4. The Bertz CT molecular complexity index is 696. The maximum atomic E-state index is 13.0. The van der Waals surface area contributed by atoms with E-state index in [1.165, 1.54) is 18.4 Å². The van der Waals surface area contributed by atoms with Gasteiger partial charge in [0.25, 0.3) is 0 Å². The molecule has 31 heavy (non-hydrogen) atoms. The van der Waals surface area contributed by atoms with Crippen molar-refractivity contribution < 1.29 is 9.59 Å². The summed E-state index contributed by atoms with van der Waals surface area (Å²) in [5.74, 6) is 2.03. The van der Waals surface area contributed by atoms with Gasteiger partial charge in [0.05, 0.1) is 0 Å². The average molecular weight is 432 g/mol. The molecule has 0 aromatic rings. The number of piperazine rings is 1. The summed E-state index contributed by atoms with van der Waals surface area (Å²) >= 11 is 0. The Kier molecular flexibility index (Phi) is 7.25. The van der Waals surface area contributed by atoms with Crippen molar-refractivity contribution in [3.63, 3.8) is 0 Å². The first kappa shape index (κ1) is 24.3. The van der Waals surface area contributed by atoms with E-state index in [1.807, 2.05) is 18.7 Å². The predicted molar refractivity (Wildman–Crippen MR) is 127 cm³/mol. The van der Waals surface area contributed by atoms with Gasteiger partial charge in [0.1, 0.15) is 0 Å². The predicted octanol–water partition coefficient (Wildman–Crippen LogP) is 4.04. The summed E-state index contributed by atoms with van der Waals surface area (Å²) in [5.41, 5.74) is 1.92. The zero-order valence-electron chi connectivity index (χ0n) is 21.0. The van der Waals surface area contributed by atoms with Crippen LogP contribution in [-0.2, 0) is 9.59 Å². The van der Waals surface area contributed by atoms with Crippen LogP contribution >= 0.6 is 0 Å². The monoisotopic (exact) mass is 431 g/mol. The first-order valence-corrected chi connectivity index (χ1v) is 12.4. The first-order chi connectivity index (χ1) is 14.4. The van der Waals surface area contributed by atoms with Gasteiger partial charge in [-0.15, -0.1) is 0 Å². The molecule has 0 aromatic carbocycles. The van der Waals surface area contributed by atoms with Gasteiger partial charge in [0.15, 0.2) is 0 Å².